The van der Waals surface area contributed by atoms with E-state index in [4.69, 9.17) is 15.2 Å². The maximum Gasteiger partial charge on any atom is 0.156 e. The van der Waals surface area contributed by atoms with Gasteiger partial charge < -0.3 is 15.2 Å². The van der Waals surface area contributed by atoms with Gasteiger partial charge in [-0.1, -0.05) is 121 Å². The van der Waals surface area contributed by atoms with Crippen LogP contribution in [0.15, 0.2) is 121 Å². The molecule has 0 aromatic heterocycles. The van der Waals surface area contributed by atoms with Crippen LogP contribution in [-0.2, 0) is 35.7 Å². The van der Waals surface area contributed by atoms with E-state index >= 15 is 0 Å². The number of nitrogens with two attached hydrogens (primary N) is 1. The molecule has 42 heavy (non-hydrogen) atoms. The van der Waals surface area contributed by atoms with Crippen LogP contribution in [0.2, 0.25) is 0 Å². The lowest BCUT2D eigenvalue weighted by atomic mass is 9.93. The van der Waals surface area contributed by atoms with E-state index in [0.717, 1.165) is 39.4 Å². The molecule has 4 aromatic carbocycles. The van der Waals surface area contributed by atoms with Crippen molar-refractivity contribution in [3.8, 4) is 6.07 Å². The van der Waals surface area contributed by atoms with Crippen LogP contribution in [0.1, 0.15) is 22.3 Å². The molecule has 0 atom stereocenters. The Balaban J connectivity index is 0.000000168. The van der Waals surface area contributed by atoms with Crippen molar-refractivity contribution in [2.45, 2.75) is 37.3 Å². The lowest BCUT2D eigenvalue weighted by molar-refractivity contribution is -0.142. The Morgan fingerprint density at radius 2 is 0.881 bits per heavy atom. The van der Waals surface area contributed by atoms with Crippen molar-refractivity contribution in [1.82, 2.24) is 9.80 Å². The van der Waals surface area contributed by atoms with Crippen LogP contribution >= 0.6 is 0 Å². The number of ether oxygens (including phenoxy) is 2. The molecule has 216 valence electrons. The fourth-order valence-electron chi connectivity index (χ4n) is 5.35. The van der Waals surface area contributed by atoms with Gasteiger partial charge in [-0.2, -0.15) is 5.26 Å². The van der Waals surface area contributed by atoms with Crippen LogP contribution in [0.5, 0.6) is 0 Å². The van der Waals surface area contributed by atoms with Crippen molar-refractivity contribution >= 4 is 0 Å². The van der Waals surface area contributed by atoms with E-state index < -0.39 is 5.54 Å². The number of hydrogen-bond donors (Lipinski definition) is 1. The SMILES string of the molecule is N#CC1(N(Cc2ccccc2)Cc2ccccc2)COC1.NCC1(N(Cc2ccccc2)Cc2ccccc2)COC1. The summed E-state index contributed by atoms with van der Waals surface area (Å²) in [6.07, 6.45) is 0. The summed E-state index contributed by atoms with van der Waals surface area (Å²) in [5.74, 6) is 0. The van der Waals surface area contributed by atoms with Crippen molar-refractivity contribution in [2.75, 3.05) is 33.0 Å². The molecule has 2 aliphatic heterocycles. The Morgan fingerprint density at radius 3 is 1.12 bits per heavy atom. The third-order valence-electron chi connectivity index (χ3n) is 8.15. The normalized spacial score (nSPS) is 16.4. The zero-order chi connectivity index (χ0) is 29.1. The number of nitriles is 1. The van der Waals surface area contributed by atoms with E-state index in [1.54, 1.807) is 0 Å². The lowest BCUT2D eigenvalue weighted by Gasteiger charge is -2.49. The smallest absolute Gasteiger partial charge is 0.156 e. The Bertz CT molecular complexity index is 1300. The van der Waals surface area contributed by atoms with E-state index in [2.05, 4.69) is 101 Å². The highest BCUT2D eigenvalue weighted by atomic mass is 16.5. The molecule has 2 fully saturated rings. The molecule has 0 radical (unpaired) electrons. The molecule has 2 aliphatic rings. The number of rotatable bonds is 11. The van der Waals surface area contributed by atoms with Gasteiger partial charge in [-0.15, -0.1) is 0 Å². The summed E-state index contributed by atoms with van der Waals surface area (Å²) < 4.78 is 10.8. The molecule has 0 spiro atoms. The van der Waals surface area contributed by atoms with Crippen LogP contribution in [0.4, 0.5) is 0 Å². The van der Waals surface area contributed by atoms with Gasteiger partial charge in [0, 0.05) is 32.7 Å². The predicted octanol–water partition coefficient (Wildman–Crippen LogP) is 5.40. The molecule has 0 amide bonds. The molecule has 0 unspecified atom stereocenters. The second kappa shape index (κ2) is 14.4. The predicted molar refractivity (Wildman–Crippen MR) is 166 cm³/mol. The highest BCUT2D eigenvalue weighted by Crippen LogP contribution is 2.29. The van der Waals surface area contributed by atoms with Crippen LogP contribution < -0.4 is 5.73 Å². The van der Waals surface area contributed by atoms with Crippen molar-refractivity contribution in [3.63, 3.8) is 0 Å². The Kier molecular flexibility index (Phi) is 10.1. The lowest BCUT2D eigenvalue weighted by Crippen LogP contribution is -2.65. The summed E-state index contributed by atoms with van der Waals surface area (Å²) in [6.45, 7) is 6.37. The molecule has 0 saturated carbocycles. The van der Waals surface area contributed by atoms with E-state index in [1.165, 1.54) is 22.3 Å². The molecular weight excluding hydrogens is 520 g/mol. The molecule has 2 heterocycles. The zero-order valence-corrected chi connectivity index (χ0v) is 24.1. The minimum absolute atomic E-state index is 0.0221. The van der Waals surface area contributed by atoms with E-state index in [1.807, 2.05) is 36.4 Å². The maximum atomic E-state index is 9.59. The van der Waals surface area contributed by atoms with E-state index in [0.29, 0.717) is 19.8 Å². The summed E-state index contributed by atoms with van der Waals surface area (Å²) in [4.78, 5) is 4.68. The third kappa shape index (κ3) is 7.32. The van der Waals surface area contributed by atoms with Gasteiger partial charge in [-0.05, 0) is 22.3 Å². The first-order chi connectivity index (χ1) is 20.6. The number of nitrogens with zero attached hydrogens (tertiary/aromatic N) is 3. The molecule has 6 nitrogen and oxygen atoms in total. The summed E-state index contributed by atoms with van der Waals surface area (Å²) in [5.41, 5.74) is 10.6. The van der Waals surface area contributed by atoms with Gasteiger partial charge in [0.05, 0.1) is 38.0 Å². The highest BCUT2D eigenvalue weighted by Gasteiger charge is 2.45. The van der Waals surface area contributed by atoms with E-state index in [-0.39, 0.29) is 5.54 Å². The van der Waals surface area contributed by atoms with Crippen LogP contribution in [0, 0.1) is 11.3 Å². The molecule has 6 rings (SSSR count). The van der Waals surface area contributed by atoms with Gasteiger partial charge in [0.2, 0.25) is 0 Å². The van der Waals surface area contributed by atoms with Crippen molar-refractivity contribution < 1.29 is 9.47 Å². The average molecular weight is 561 g/mol. The first kappa shape index (κ1) is 29.7. The summed E-state index contributed by atoms with van der Waals surface area (Å²) in [6, 6.07) is 44.1. The van der Waals surface area contributed by atoms with Gasteiger partial charge in [0.25, 0.3) is 0 Å². The topological polar surface area (TPSA) is 74.8 Å². The Hall–Kier alpha value is -3.83. The first-order valence-electron chi connectivity index (χ1n) is 14.6. The van der Waals surface area contributed by atoms with Crippen molar-refractivity contribution in [1.29, 1.82) is 5.26 Å². The van der Waals surface area contributed by atoms with Gasteiger partial charge in [-0.25, -0.2) is 0 Å². The van der Waals surface area contributed by atoms with Crippen LogP contribution in [0.3, 0.4) is 0 Å². The summed E-state index contributed by atoms with van der Waals surface area (Å²) in [5, 5.41) is 9.59. The number of hydrogen-bond acceptors (Lipinski definition) is 6. The third-order valence-corrected chi connectivity index (χ3v) is 8.15. The molecule has 4 aromatic rings. The largest absolute Gasteiger partial charge is 0.377 e. The minimum atomic E-state index is -0.494. The van der Waals surface area contributed by atoms with E-state index in [9.17, 15) is 5.26 Å². The minimum Gasteiger partial charge on any atom is -0.377 e. The zero-order valence-electron chi connectivity index (χ0n) is 24.1. The monoisotopic (exact) mass is 560 g/mol. The molecule has 0 bridgehead atoms. The number of benzene rings is 4. The quantitative estimate of drug-likeness (QED) is 0.265. The standard InChI is InChI=1S/C18H22N2O.C18H18N2O/c2*19-13-18(14-21-15-18)20(11-16-7-3-1-4-8-16)12-17-9-5-2-6-10-17/h1-10H,11-15,19H2;1-10H,11-12,14-15H2. The van der Waals surface area contributed by atoms with Gasteiger partial charge in [0.15, 0.2) is 5.54 Å². The molecule has 2 N–H and O–H groups in total. The van der Waals surface area contributed by atoms with Gasteiger partial charge in [0.1, 0.15) is 0 Å². The second-order valence-corrected chi connectivity index (χ2v) is 11.2. The summed E-state index contributed by atoms with van der Waals surface area (Å²) in [7, 11) is 0. The Labute approximate surface area is 249 Å². The molecule has 2 saturated heterocycles. The van der Waals surface area contributed by atoms with Crippen LogP contribution in [0.25, 0.3) is 0 Å². The summed E-state index contributed by atoms with van der Waals surface area (Å²) >= 11 is 0. The Morgan fingerprint density at radius 1 is 0.548 bits per heavy atom. The fraction of sp³-hybridized carbons (Fsp3) is 0.306. The van der Waals surface area contributed by atoms with Crippen molar-refractivity contribution in [2.24, 2.45) is 5.73 Å². The van der Waals surface area contributed by atoms with Gasteiger partial charge >= 0.3 is 0 Å². The molecule has 6 heteroatoms. The van der Waals surface area contributed by atoms with Crippen LogP contribution in [-0.4, -0.2) is 53.8 Å². The molecular formula is C36H40N4O2. The first-order valence-corrected chi connectivity index (χ1v) is 14.6. The maximum absolute atomic E-state index is 9.59. The van der Waals surface area contributed by atoms with Gasteiger partial charge in [-0.3, -0.25) is 9.80 Å². The fourth-order valence-corrected chi connectivity index (χ4v) is 5.35. The van der Waals surface area contributed by atoms with Crippen molar-refractivity contribution in [3.05, 3.63) is 144 Å². The highest BCUT2D eigenvalue weighted by molar-refractivity contribution is 5.22. The second-order valence-electron chi connectivity index (χ2n) is 11.2. The molecule has 0 aliphatic carbocycles. The average Bonchev–Trinajstić information content (AvgIpc) is 2.99.